The third-order valence-electron chi connectivity index (χ3n) is 6.00. The summed E-state index contributed by atoms with van der Waals surface area (Å²) < 4.78 is 16.3. The van der Waals surface area contributed by atoms with E-state index in [0.29, 0.717) is 45.7 Å². The second kappa shape index (κ2) is 8.94. The molecule has 2 aromatic rings. The number of amides is 2. The standard InChI is InChI=1S/C25H28N2O5/c1-16-8-7-11-26(15-16)23-22(20-9-5-6-10-21(20)32-4)24(28)27(25(23)29)17-12-18(30-2)14-19(13-17)31-3/h5-6,9-10,12-14,16H,7-8,11,15H2,1-4H3. The van der Waals surface area contributed by atoms with Crippen LogP contribution in [0.3, 0.4) is 0 Å². The highest BCUT2D eigenvalue weighted by molar-refractivity contribution is 6.45. The zero-order valence-electron chi connectivity index (χ0n) is 18.9. The summed E-state index contributed by atoms with van der Waals surface area (Å²) in [6, 6.07) is 12.3. The largest absolute Gasteiger partial charge is 0.497 e. The van der Waals surface area contributed by atoms with Gasteiger partial charge in [0.05, 0.1) is 32.6 Å². The highest BCUT2D eigenvalue weighted by atomic mass is 16.5. The molecule has 1 saturated heterocycles. The number of carbonyl (C=O) groups is 2. The van der Waals surface area contributed by atoms with E-state index in [2.05, 4.69) is 6.92 Å². The van der Waals surface area contributed by atoms with Crippen molar-refractivity contribution >= 4 is 23.1 Å². The zero-order chi connectivity index (χ0) is 22.8. The van der Waals surface area contributed by atoms with E-state index < -0.39 is 0 Å². The van der Waals surface area contributed by atoms with Crippen molar-refractivity contribution in [2.24, 2.45) is 5.92 Å². The molecule has 1 unspecified atom stereocenters. The predicted octanol–water partition coefficient (Wildman–Crippen LogP) is 3.73. The summed E-state index contributed by atoms with van der Waals surface area (Å²) >= 11 is 0. The molecule has 7 nitrogen and oxygen atoms in total. The minimum absolute atomic E-state index is 0.347. The van der Waals surface area contributed by atoms with Crippen molar-refractivity contribution in [3.8, 4) is 17.2 Å². The molecule has 0 radical (unpaired) electrons. The van der Waals surface area contributed by atoms with E-state index in [1.807, 2.05) is 23.1 Å². The van der Waals surface area contributed by atoms with Crippen LogP contribution in [0.15, 0.2) is 48.2 Å². The molecule has 2 aromatic carbocycles. The zero-order valence-corrected chi connectivity index (χ0v) is 18.9. The van der Waals surface area contributed by atoms with Crippen LogP contribution in [0.25, 0.3) is 5.57 Å². The predicted molar refractivity (Wildman–Crippen MR) is 122 cm³/mol. The lowest BCUT2D eigenvalue weighted by atomic mass is 9.97. The van der Waals surface area contributed by atoms with E-state index in [-0.39, 0.29) is 11.8 Å². The van der Waals surface area contributed by atoms with Crippen LogP contribution in [0.1, 0.15) is 25.3 Å². The number of anilines is 1. The molecular formula is C25H28N2O5. The summed E-state index contributed by atoms with van der Waals surface area (Å²) in [6.07, 6.45) is 2.07. The smallest absolute Gasteiger partial charge is 0.282 e. The van der Waals surface area contributed by atoms with Gasteiger partial charge < -0.3 is 19.1 Å². The lowest BCUT2D eigenvalue weighted by Crippen LogP contribution is -2.39. The molecular weight excluding hydrogens is 408 g/mol. The topological polar surface area (TPSA) is 68.3 Å². The van der Waals surface area contributed by atoms with Crippen LogP contribution in [-0.2, 0) is 9.59 Å². The molecule has 1 atom stereocenters. The molecule has 0 spiro atoms. The van der Waals surface area contributed by atoms with Gasteiger partial charge in [-0.3, -0.25) is 9.59 Å². The van der Waals surface area contributed by atoms with Crippen LogP contribution in [0.4, 0.5) is 5.69 Å². The minimum atomic E-state index is -0.386. The Morgan fingerprint density at radius 3 is 2.22 bits per heavy atom. The highest BCUT2D eigenvalue weighted by Crippen LogP contribution is 2.40. The molecule has 0 N–H and O–H groups in total. The Kier molecular flexibility index (Phi) is 6.08. The van der Waals surface area contributed by atoms with E-state index in [9.17, 15) is 9.59 Å². The van der Waals surface area contributed by atoms with Gasteiger partial charge in [-0.15, -0.1) is 0 Å². The van der Waals surface area contributed by atoms with E-state index in [4.69, 9.17) is 14.2 Å². The third-order valence-corrected chi connectivity index (χ3v) is 6.00. The maximum Gasteiger partial charge on any atom is 0.282 e. The average molecular weight is 437 g/mol. The molecule has 7 heteroatoms. The molecule has 2 heterocycles. The minimum Gasteiger partial charge on any atom is -0.497 e. The Labute approximate surface area is 188 Å². The summed E-state index contributed by atoms with van der Waals surface area (Å²) in [4.78, 5) is 30.8. The summed E-state index contributed by atoms with van der Waals surface area (Å²) in [5.41, 5.74) is 1.80. The van der Waals surface area contributed by atoms with Gasteiger partial charge >= 0.3 is 0 Å². The van der Waals surface area contributed by atoms with Crippen molar-refractivity contribution in [1.29, 1.82) is 0 Å². The van der Waals surface area contributed by atoms with Crippen LogP contribution in [0.5, 0.6) is 17.2 Å². The first-order chi connectivity index (χ1) is 15.5. The molecule has 168 valence electrons. The maximum atomic E-state index is 13.8. The Balaban J connectivity index is 1.87. The Morgan fingerprint density at radius 1 is 0.906 bits per heavy atom. The summed E-state index contributed by atoms with van der Waals surface area (Å²) in [6.45, 7) is 3.62. The van der Waals surface area contributed by atoms with Crippen LogP contribution in [0, 0.1) is 5.92 Å². The monoisotopic (exact) mass is 436 g/mol. The van der Waals surface area contributed by atoms with Gasteiger partial charge in [-0.05, 0) is 24.8 Å². The lowest BCUT2D eigenvalue weighted by Gasteiger charge is -2.33. The first-order valence-corrected chi connectivity index (χ1v) is 10.7. The number of ether oxygens (including phenoxy) is 3. The van der Waals surface area contributed by atoms with Crippen LogP contribution in [0.2, 0.25) is 0 Å². The van der Waals surface area contributed by atoms with Crippen molar-refractivity contribution in [3.05, 3.63) is 53.7 Å². The Hall–Kier alpha value is -3.48. The van der Waals surface area contributed by atoms with Gasteiger partial charge in [0.15, 0.2) is 0 Å². The Bertz CT molecular complexity index is 1060. The van der Waals surface area contributed by atoms with Crippen molar-refractivity contribution in [1.82, 2.24) is 4.90 Å². The van der Waals surface area contributed by atoms with Gasteiger partial charge in [-0.2, -0.15) is 0 Å². The molecule has 4 rings (SSSR count). The summed E-state index contributed by atoms with van der Waals surface area (Å²) in [5, 5.41) is 0. The quantitative estimate of drug-likeness (QED) is 0.643. The third kappa shape index (κ3) is 3.79. The summed E-state index contributed by atoms with van der Waals surface area (Å²) in [7, 11) is 4.63. The van der Waals surface area contributed by atoms with Gasteiger partial charge in [0.25, 0.3) is 11.8 Å². The van der Waals surface area contributed by atoms with Crippen molar-refractivity contribution < 1.29 is 23.8 Å². The van der Waals surface area contributed by atoms with Crippen molar-refractivity contribution in [2.75, 3.05) is 39.3 Å². The average Bonchev–Trinajstić information content (AvgIpc) is 3.08. The number of benzene rings is 2. The molecule has 1 fully saturated rings. The molecule has 0 saturated carbocycles. The number of rotatable bonds is 6. The fraction of sp³-hybridized carbons (Fsp3) is 0.360. The molecule has 32 heavy (non-hydrogen) atoms. The molecule has 2 aliphatic rings. The van der Waals surface area contributed by atoms with Crippen LogP contribution < -0.4 is 19.1 Å². The molecule has 2 aliphatic heterocycles. The van der Waals surface area contributed by atoms with Crippen molar-refractivity contribution in [3.63, 3.8) is 0 Å². The van der Waals surface area contributed by atoms with Gasteiger partial charge in [-0.1, -0.05) is 25.1 Å². The highest BCUT2D eigenvalue weighted by Gasteiger charge is 2.44. The van der Waals surface area contributed by atoms with Crippen LogP contribution in [-0.4, -0.2) is 51.1 Å². The number of nitrogens with zero attached hydrogens (tertiary/aromatic N) is 2. The van der Waals surface area contributed by atoms with E-state index in [1.165, 1.54) is 19.1 Å². The second-order valence-corrected chi connectivity index (χ2v) is 8.13. The number of methoxy groups -OCH3 is 3. The number of para-hydroxylation sites is 1. The molecule has 2 amide bonds. The van der Waals surface area contributed by atoms with E-state index in [1.54, 1.807) is 31.4 Å². The van der Waals surface area contributed by atoms with Gasteiger partial charge in [0.2, 0.25) is 0 Å². The second-order valence-electron chi connectivity index (χ2n) is 8.13. The fourth-order valence-electron chi connectivity index (χ4n) is 4.45. The van der Waals surface area contributed by atoms with Gasteiger partial charge in [0.1, 0.15) is 22.9 Å². The number of hydrogen-bond donors (Lipinski definition) is 0. The fourth-order valence-corrected chi connectivity index (χ4v) is 4.45. The van der Waals surface area contributed by atoms with E-state index >= 15 is 0 Å². The van der Waals surface area contributed by atoms with E-state index in [0.717, 1.165) is 25.9 Å². The lowest BCUT2D eigenvalue weighted by molar-refractivity contribution is -0.120. The number of likely N-dealkylation sites (tertiary alicyclic amines) is 1. The maximum absolute atomic E-state index is 13.8. The van der Waals surface area contributed by atoms with Crippen LogP contribution >= 0.6 is 0 Å². The van der Waals surface area contributed by atoms with Gasteiger partial charge in [0, 0.05) is 36.9 Å². The SMILES string of the molecule is COc1cc(OC)cc(N2C(=O)C(c3ccccc3OC)=C(N3CCCC(C)C3)C2=O)c1. The van der Waals surface area contributed by atoms with Crippen molar-refractivity contribution in [2.45, 2.75) is 19.8 Å². The summed E-state index contributed by atoms with van der Waals surface area (Å²) in [5.74, 6) is 1.25. The number of piperidine rings is 1. The first-order valence-electron chi connectivity index (χ1n) is 10.7. The molecule has 0 bridgehead atoms. The molecule has 0 aliphatic carbocycles. The number of imide groups is 1. The number of carbonyl (C=O) groups excluding carboxylic acids is 2. The molecule has 0 aromatic heterocycles. The normalized spacial score (nSPS) is 18.9. The van der Waals surface area contributed by atoms with Gasteiger partial charge in [-0.25, -0.2) is 4.90 Å². The number of hydrogen-bond acceptors (Lipinski definition) is 6. The Morgan fingerprint density at radius 2 is 1.59 bits per heavy atom. The first kappa shape index (κ1) is 21.7.